The number of anilines is 2. The molecule has 0 saturated carbocycles. The van der Waals surface area contributed by atoms with E-state index in [1.54, 1.807) is 38.3 Å². The van der Waals surface area contributed by atoms with Crippen molar-refractivity contribution in [2.45, 2.75) is 33.1 Å². The van der Waals surface area contributed by atoms with Crippen LogP contribution in [0.15, 0.2) is 72.0 Å². The average Bonchev–Trinajstić information content (AvgIpc) is 3.60. The summed E-state index contributed by atoms with van der Waals surface area (Å²) in [7, 11) is 1.55. The molecule has 3 aromatic carbocycles. The Morgan fingerprint density at radius 2 is 1.80 bits per heavy atom. The number of aliphatic imine (C=N–C) groups is 1. The quantitative estimate of drug-likeness (QED) is 0.237. The van der Waals surface area contributed by atoms with Crippen LogP contribution in [0.4, 0.5) is 29.3 Å². The molecule has 0 aliphatic carbocycles. The number of ether oxygens (including phenoxy) is 2. The number of nitrogens with zero attached hydrogens (tertiary/aromatic N) is 5. The minimum Gasteiger partial charge on any atom is -0.497 e. The lowest BCUT2D eigenvalue weighted by atomic mass is 10.00. The highest BCUT2D eigenvalue weighted by Crippen LogP contribution is 2.36. The lowest BCUT2D eigenvalue weighted by Crippen LogP contribution is -2.31. The number of halogens is 3. The molecule has 2 heterocycles. The molecule has 44 heavy (non-hydrogen) atoms. The summed E-state index contributed by atoms with van der Waals surface area (Å²) in [6, 6.07) is 15.3. The zero-order chi connectivity index (χ0) is 31.6. The summed E-state index contributed by atoms with van der Waals surface area (Å²) in [5, 5.41) is 7.46. The zero-order valence-corrected chi connectivity index (χ0v) is 24.9. The molecular formula is C30H27F3N6O4S. The lowest BCUT2D eigenvalue weighted by Gasteiger charge is -2.22. The molecule has 1 fully saturated rings. The fourth-order valence-corrected chi connectivity index (χ4v) is 5.37. The number of aromatic nitrogens is 3. The van der Waals surface area contributed by atoms with Gasteiger partial charge in [-0.1, -0.05) is 31.7 Å². The van der Waals surface area contributed by atoms with Crippen LogP contribution in [-0.4, -0.2) is 51.1 Å². The summed E-state index contributed by atoms with van der Waals surface area (Å²) < 4.78 is 48.0. The van der Waals surface area contributed by atoms with Crippen LogP contribution in [0, 0.1) is 6.92 Å². The van der Waals surface area contributed by atoms with Crippen molar-refractivity contribution in [2.24, 2.45) is 4.99 Å². The van der Waals surface area contributed by atoms with Crippen LogP contribution < -0.4 is 19.7 Å². The van der Waals surface area contributed by atoms with Gasteiger partial charge >= 0.3 is 12.4 Å². The summed E-state index contributed by atoms with van der Waals surface area (Å²) in [4.78, 5) is 35.8. The molecule has 0 unspecified atom stereocenters. The second-order valence-electron chi connectivity index (χ2n) is 10.0. The maximum atomic E-state index is 13.0. The molecule has 0 bridgehead atoms. The number of carbonyl (C=O) groups excluding carboxylic acids is 2. The van der Waals surface area contributed by atoms with Crippen molar-refractivity contribution in [2.75, 3.05) is 23.1 Å². The number of alkyl halides is 3. The van der Waals surface area contributed by atoms with Crippen LogP contribution in [0.2, 0.25) is 0 Å². The Balaban J connectivity index is 1.31. The van der Waals surface area contributed by atoms with Gasteiger partial charge in [-0.2, -0.15) is 4.99 Å². The predicted molar refractivity (Wildman–Crippen MR) is 162 cm³/mol. The van der Waals surface area contributed by atoms with Crippen molar-refractivity contribution in [3.8, 4) is 28.6 Å². The van der Waals surface area contributed by atoms with Crippen molar-refractivity contribution >= 4 is 40.2 Å². The van der Waals surface area contributed by atoms with E-state index in [9.17, 15) is 22.8 Å². The van der Waals surface area contributed by atoms with Gasteiger partial charge in [-0.15, -0.1) is 18.3 Å². The average molecular weight is 625 g/mol. The van der Waals surface area contributed by atoms with Crippen molar-refractivity contribution in [1.29, 1.82) is 0 Å². The van der Waals surface area contributed by atoms with Gasteiger partial charge in [0.05, 0.1) is 24.2 Å². The number of amidine groups is 1. The first-order valence-electron chi connectivity index (χ1n) is 13.3. The summed E-state index contributed by atoms with van der Waals surface area (Å²) in [6.45, 7) is 5.83. The van der Waals surface area contributed by atoms with Gasteiger partial charge in [0.25, 0.3) is 0 Å². The van der Waals surface area contributed by atoms with E-state index >= 15 is 0 Å². The van der Waals surface area contributed by atoms with Crippen molar-refractivity contribution in [1.82, 2.24) is 14.8 Å². The molecule has 3 amide bonds. The molecule has 1 aromatic heterocycles. The topological polar surface area (TPSA) is 111 Å². The molecule has 1 aliphatic rings. The first-order chi connectivity index (χ1) is 20.9. The summed E-state index contributed by atoms with van der Waals surface area (Å²) in [5.74, 6) is 0.699. The van der Waals surface area contributed by atoms with Gasteiger partial charge in [0.1, 0.15) is 17.8 Å². The summed E-state index contributed by atoms with van der Waals surface area (Å²) >= 11 is 1.18. The Morgan fingerprint density at radius 3 is 2.45 bits per heavy atom. The highest BCUT2D eigenvalue weighted by molar-refractivity contribution is 8.15. The number of nitrogens with one attached hydrogen (secondary N) is 1. The van der Waals surface area contributed by atoms with Gasteiger partial charge in [0.2, 0.25) is 5.91 Å². The van der Waals surface area contributed by atoms with Crippen LogP contribution in [0.25, 0.3) is 17.1 Å². The Labute approximate surface area is 254 Å². The highest BCUT2D eigenvalue weighted by Gasteiger charge is 2.33. The van der Waals surface area contributed by atoms with Crippen LogP contribution in [0.5, 0.6) is 11.5 Å². The third-order valence-corrected chi connectivity index (χ3v) is 7.54. The molecule has 4 aromatic rings. The van der Waals surface area contributed by atoms with E-state index in [1.807, 2.05) is 26.0 Å². The molecule has 228 valence electrons. The largest absolute Gasteiger partial charge is 0.573 e. The van der Waals surface area contributed by atoms with Crippen molar-refractivity contribution in [3.05, 3.63) is 78.1 Å². The highest BCUT2D eigenvalue weighted by atomic mass is 32.2. The van der Waals surface area contributed by atoms with E-state index in [1.165, 1.54) is 51.9 Å². The lowest BCUT2D eigenvalue weighted by molar-refractivity contribution is -0.274. The summed E-state index contributed by atoms with van der Waals surface area (Å²) in [5.41, 5.74) is 3.91. The van der Waals surface area contributed by atoms with E-state index in [-0.39, 0.29) is 28.5 Å². The van der Waals surface area contributed by atoms with Gasteiger partial charge in [0.15, 0.2) is 11.0 Å². The molecule has 10 nitrogen and oxygen atoms in total. The van der Waals surface area contributed by atoms with E-state index < -0.39 is 12.4 Å². The third-order valence-electron chi connectivity index (χ3n) is 6.62. The normalized spacial score (nSPS) is 14.4. The van der Waals surface area contributed by atoms with E-state index in [0.717, 1.165) is 5.56 Å². The monoisotopic (exact) mass is 624 g/mol. The van der Waals surface area contributed by atoms with Crippen LogP contribution in [-0.2, 0) is 4.79 Å². The maximum absolute atomic E-state index is 13.0. The zero-order valence-electron chi connectivity index (χ0n) is 24.0. The Bertz CT molecular complexity index is 1740. The van der Waals surface area contributed by atoms with Crippen molar-refractivity contribution in [3.63, 3.8) is 0 Å². The maximum Gasteiger partial charge on any atom is 0.573 e. The van der Waals surface area contributed by atoms with Gasteiger partial charge in [-0.25, -0.2) is 14.5 Å². The molecule has 1 N–H and O–H groups in total. The first-order valence-corrected chi connectivity index (χ1v) is 14.3. The second kappa shape index (κ2) is 12.4. The van der Waals surface area contributed by atoms with Gasteiger partial charge < -0.3 is 14.8 Å². The smallest absolute Gasteiger partial charge is 0.497 e. The number of aryl methyl sites for hydroxylation is 1. The third kappa shape index (κ3) is 6.86. The van der Waals surface area contributed by atoms with Crippen LogP contribution >= 0.6 is 11.8 Å². The molecule has 0 atom stereocenters. The molecule has 1 aliphatic heterocycles. The fourth-order valence-electron chi connectivity index (χ4n) is 4.51. The SMILES string of the molecule is COc1ccc(C(C)C)c(N2C(=O)CSC2=NC(=O)Nc2ccc(-c3ncn(-c4ccc(OC(F)(F)F)cc4)n3)cc2C)c1. The van der Waals surface area contributed by atoms with E-state index in [0.29, 0.717) is 39.8 Å². The molecule has 1 saturated heterocycles. The predicted octanol–water partition coefficient (Wildman–Crippen LogP) is 6.94. The van der Waals surface area contributed by atoms with E-state index in [4.69, 9.17) is 4.74 Å². The number of hydrogen-bond donors (Lipinski definition) is 1. The fraction of sp³-hybridized carbons (Fsp3) is 0.233. The minimum atomic E-state index is -4.78. The van der Waals surface area contributed by atoms with Crippen molar-refractivity contribution < 1.29 is 32.2 Å². The number of rotatable bonds is 7. The number of hydrogen-bond acceptors (Lipinski definition) is 7. The number of benzene rings is 3. The van der Waals surface area contributed by atoms with Gasteiger partial charge in [0, 0.05) is 17.3 Å². The Kier molecular flexibility index (Phi) is 8.63. The summed E-state index contributed by atoms with van der Waals surface area (Å²) in [6.07, 6.45) is -3.34. The van der Waals surface area contributed by atoms with Gasteiger partial charge in [-0.05, 0) is 72.5 Å². The molecular weight excluding hydrogens is 597 g/mol. The standard InChI is InChI=1S/C30H27F3N6O4S/c1-17(2)23-11-10-22(42-4)14-25(23)39-26(40)15-44-29(39)36-28(41)35-24-12-5-19(13-18(24)3)27-34-16-38(37-27)20-6-8-21(9-7-20)43-30(31,32)33/h5-14,16-17H,15H2,1-4H3,(H,35,41). The number of urea groups is 1. The number of carbonyl (C=O) groups is 2. The minimum absolute atomic E-state index is 0.116. The Morgan fingerprint density at radius 1 is 1.07 bits per heavy atom. The van der Waals surface area contributed by atoms with Gasteiger partial charge in [-0.3, -0.25) is 9.69 Å². The van der Waals surface area contributed by atoms with Crippen LogP contribution in [0.3, 0.4) is 0 Å². The molecule has 14 heteroatoms. The number of thioether (sulfide) groups is 1. The Hall–Kier alpha value is -4.85. The molecule has 5 rings (SSSR count). The molecule has 0 spiro atoms. The second-order valence-corrected chi connectivity index (χ2v) is 10.9. The number of methoxy groups -OCH3 is 1. The molecule has 0 radical (unpaired) electrons. The number of amides is 3. The first kappa shape index (κ1) is 30.6. The van der Waals surface area contributed by atoms with Crippen LogP contribution in [0.1, 0.15) is 30.9 Å². The van der Waals surface area contributed by atoms with E-state index in [2.05, 4.69) is 25.1 Å².